The van der Waals surface area contributed by atoms with Crippen molar-refractivity contribution in [2.75, 3.05) is 13.7 Å². The molecule has 1 aliphatic carbocycles. The Morgan fingerprint density at radius 1 is 1.02 bits per heavy atom. The van der Waals surface area contributed by atoms with Gasteiger partial charge in [0.1, 0.15) is 17.4 Å². The first-order valence-electron chi connectivity index (χ1n) is 15.7. The number of benzene rings is 2. The Morgan fingerprint density at radius 2 is 1.76 bits per heavy atom. The molecule has 1 saturated carbocycles. The zero-order chi connectivity index (χ0) is 32.4. The summed E-state index contributed by atoms with van der Waals surface area (Å²) in [5.74, 6) is -1.20. The van der Waals surface area contributed by atoms with Crippen LogP contribution in [0.1, 0.15) is 82.4 Å². The van der Waals surface area contributed by atoms with E-state index in [2.05, 4.69) is 15.4 Å². The molecule has 3 N–H and O–H groups in total. The van der Waals surface area contributed by atoms with Gasteiger partial charge in [0.25, 0.3) is 0 Å². The lowest BCUT2D eigenvalue weighted by atomic mass is 9.76. The van der Waals surface area contributed by atoms with Crippen LogP contribution in [-0.4, -0.2) is 48.8 Å². The summed E-state index contributed by atoms with van der Waals surface area (Å²) in [4.78, 5) is 51.9. The second kappa shape index (κ2) is 16.4. The van der Waals surface area contributed by atoms with E-state index < -0.39 is 40.8 Å². The van der Waals surface area contributed by atoms with Gasteiger partial charge in [0, 0.05) is 22.9 Å². The molecule has 1 unspecified atom stereocenters. The normalized spacial score (nSPS) is 19.1. The molecule has 244 valence electrons. The molecular formula is C34H44ClN3O6S. The van der Waals surface area contributed by atoms with E-state index in [1.54, 1.807) is 6.07 Å². The lowest BCUT2D eigenvalue weighted by Crippen LogP contribution is -2.47. The van der Waals surface area contributed by atoms with E-state index in [1.165, 1.54) is 13.5 Å². The van der Waals surface area contributed by atoms with Gasteiger partial charge in [-0.3, -0.25) is 14.3 Å². The summed E-state index contributed by atoms with van der Waals surface area (Å²) < 4.78 is 13.8. The van der Waals surface area contributed by atoms with Crippen LogP contribution in [0.2, 0.25) is 5.02 Å². The molecule has 2 aromatic rings. The Bertz CT molecular complexity index is 1320. The van der Waals surface area contributed by atoms with E-state index in [1.807, 2.05) is 62.4 Å². The Morgan fingerprint density at radius 3 is 2.40 bits per heavy atom. The highest BCUT2D eigenvalue weighted by atomic mass is 35.5. The van der Waals surface area contributed by atoms with Gasteiger partial charge in [-0.05, 0) is 60.4 Å². The molecule has 2 fully saturated rings. The Kier molecular flexibility index (Phi) is 12.6. The number of methoxy groups -OCH3 is 1. The van der Waals surface area contributed by atoms with E-state index in [-0.39, 0.29) is 18.2 Å². The molecule has 1 heterocycles. The number of amides is 3. The van der Waals surface area contributed by atoms with E-state index in [4.69, 9.17) is 21.1 Å². The van der Waals surface area contributed by atoms with E-state index in [0.717, 1.165) is 48.8 Å². The molecular weight excluding hydrogens is 614 g/mol. The van der Waals surface area contributed by atoms with Crippen molar-refractivity contribution in [2.24, 2.45) is 11.8 Å². The molecule has 11 heteroatoms. The molecule has 1 saturated heterocycles. The van der Waals surface area contributed by atoms with Crippen molar-refractivity contribution >= 4 is 47.4 Å². The van der Waals surface area contributed by atoms with Gasteiger partial charge in [-0.1, -0.05) is 100 Å². The standard InChI is InChI=1S/C34H44ClN3O6S/c1-34(2,25-15-10-16-26(35)21-25)29(23-13-8-5-9-14-23)44-33(42)38-45-28(19-22-11-6-4-7-12-22)31(40)37-27(32(41)43-3)20-24-17-18-36-30(24)39/h5,8-10,13-16,21-22,24,27-29H,4,6-7,11-12,17-20H2,1-3H3,(H,36,39)(H,37,40)(H,38,42)/t24-,27-,28-,29?/m0/s1. The third-order valence-corrected chi connectivity index (χ3v) is 10.1. The predicted octanol–water partition coefficient (Wildman–Crippen LogP) is 6.26. The van der Waals surface area contributed by atoms with Gasteiger partial charge in [-0.25, -0.2) is 9.59 Å². The summed E-state index contributed by atoms with van der Waals surface area (Å²) in [6.45, 7) is 4.52. The lowest BCUT2D eigenvalue weighted by molar-refractivity contribution is -0.145. The topological polar surface area (TPSA) is 123 Å². The first-order valence-corrected chi connectivity index (χ1v) is 16.9. The van der Waals surface area contributed by atoms with Crippen LogP contribution < -0.4 is 15.4 Å². The van der Waals surface area contributed by atoms with Gasteiger partial charge >= 0.3 is 12.1 Å². The van der Waals surface area contributed by atoms with Crippen molar-refractivity contribution in [1.29, 1.82) is 0 Å². The van der Waals surface area contributed by atoms with Crippen LogP contribution in [-0.2, 0) is 29.3 Å². The number of halogens is 1. The lowest BCUT2D eigenvalue weighted by Gasteiger charge is -2.35. The fourth-order valence-corrected chi connectivity index (χ4v) is 7.28. The molecule has 0 spiro atoms. The van der Waals surface area contributed by atoms with E-state index in [9.17, 15) is 19.2 Å². The van der Waals surface area contributed by atoms with Crippen molar-refractivity contribution in [1.82, 2.24) is 15.4 Å². The maximum Gasteiger partial charge on any atom is 0.417 e. The molecule has 9 nitrogen and oxygen atoms in total. The molecule has 2 aromatic carbocycles. The third-order valence-electron chi connectivity index (χ3n) is 8.89. The summed E-state index contributed by atoms with van der Waals surface area (Å²) in [6, 6.07) is 16.0. The zero-order valence-corrected chi connectivity index (χ0v) is 27.8. The van der Waals surface area contributed by atoms with E-state index in [0.29, 0.717) is 30.3 Å². The Balaban J connectivity index is 1.49. The highest BCUT2D eigenvalue weighted by molar-refractivity contribution is 7.99. The first-order chi connectivity index (χ1) is 21.6. The van der Waals surface area contributed by atoms with Crippen molar-refractivity contribution in [3.8, 4) is 0 Å². The summed E-state index contributed by atoms with van der Waals surface area (Å²) in [5.41, 5.74) is 1.08. The van der Waals surface area contributed by atoms with Gasteiger partial charge in [-0.2, -0.15) is 0 Å². The second-order valence-corrected chi connectivity index (χ2v) is 13.9. The number of nitrogens with one attached hydrogen (secondary N) is 3. The number of ether oxygens (including phenoxy) is 2. The van der Waals surface area contributed by atoms with Gasteiger partial charge in [0.15, 0.2) is 0 Å². The fraction of sp³-hybridized carbons (Fsp3) is 0.529. The quantitative estimate of drug-likeness (QED) is 0.172. The smallest absolute Gasteiger partial charge is 0.417 e. The predicted molar refractivity (Wildman–Crippen MR) is 176 cm³/mol. The summed E-state index contributed by atoms with van der Waals surface area (Å²) in [6.07, 6.45) is 5.29. The number of hydrogen-bond acceptors (Lipinski definition) is 7. The minimum atomic E-state index is -0.973. The molecule has 0 bridgehead atoms. The van der Waals surface area contributed by atoms with Crippen LogP contribution in [0.4, 0.5) is 4.79 Å². The third kappa shape index (κ3) is 9.63. The Hall–Kier alpha value is -3.24. The van der Waals surface area contributed by atoms with Crippen LogP contribution in [0, 0.1) is 11.8 Å². The zero-order valence-electron chi connectivity index (χ0n) is 26.2. The maximum absolute atomic E-state index is 13.7. The van der Waals surface area contributed by atoms with E-state index >= 15 is 0 Å². The van der Waals surface area contributed by atoms with Crippen LogP contribution in [0.5, 0.6) is 0 Å². The molecule has 3 amide bonds. The monoisotopic (exact) mass is 657 g/mol. The van der Waals surface area contributed by atoms with Crippen LogP contribution >= 0.6 is 23.5 Å². The molecule has 4 rings (SSSR count). The molecule has 1 aliphatic heterocycles. The number of rotatable bonds is 13. The van der Waals surface area contributed by atoms with Crippen molar-refractivity contribution < 1.29 is 28.7 Å². The maximum atomic E-state index is 13.7. The number of carbonyl (C=O) groups is 4. The minimum absolute atomic E-state index is 0.135. The molecule has 4 atom stereocenters. The average molecular weight is 658 g/mol. The van der Waals surface area contributed by atoms with Crippen LogP contribution in [0.25, 0.3) is 0 Å². The minimum Gasteiger partial charge on any atom is -0.467 e. The highest BCUT2D eigenvalue weighted by Gasteiger charge is 2.37. The van der Waals surface area contributed by atoms with Crippen molar-refractivity contribution in [2.45, 2.75) is 88.0 Å². The fourth-order valence-electron chi connectivity index (χ4n) is 6.26. The number of esters is 1. The van der Waals surface area contributed by atoms with Crippen molar-refractivity contribution in [3.63, 3.8) is 0 Å². The van der Waals surface area contributed by atoms with Gasteiger partial charge in [0.05, 0.1) is 7.11 Å². The van der Waals surface area contributed by atoms with Crippen LogP contribution in [0.3, 0.4) is 0 Å². The van der Waals surface area contributed by atoms with Gasteiger partial charge < -0.3 is 20.1 Å². The molecule has 0 aromatic heterocycles. The molecule has 45 heavy (non-hydrogen) atoms. The van der Waals surface area contributed by atoms with Gasteiger partial charge in [0.2, 0.25) is 11.8 Å². The summed E-state index contributed by atoms with van der Waals surface area (Å²) in [5, 5.41) is 5.50. The van der Waals surface area contributed by atoms with Gasteiger partial charge in [-0.15, -0.1) is 0 Å². The second-order valence-electron chi connectivity index (χ2n) is 12.5. The molecule has 2 aliphatic rings. The van der Waals surface area contributed by atoms with Crippen LogP contribution in [0.15, 0.2) is 54.6 Å². The summed E-state index contributed by atoms with van der Waals surface area (Å²) in [7, 11) is 1.26. The highest BCUT2D eigenvalue weighted by Crippen LogP contribution is 2.40. The number of carbonyl (C=O) groups excluding carboxylic acids is 4. The first kappa shape index (κ1) is 34.6. The summed E-state index contributed by atoms with van der Waals surface area (Å²) >= 11 is 7.30. The Labute approximate surface area is 275 Å². The largest absolute Gasteiger partial charge is 0.467 e. The average Bonchev–Trinajstić information content (AvgIpc) is 3.45. The SMILES string of the molecule is COC(=O)[C@H](C[C@@H]1CCNC1=O)NC(=O)[C@H](CC1CCCCC1)SNC(=O)OC(c1ccccc1)C(C)(C)c1cccc(Cl)c1. The molecule has 0 radical (unpaired) electrons. The number of hydrogen-bond donors (Lipinski definition) is 3. The van der Waals surface area contributed by atoms with Crippen molar-refractivity contribution in [3.05, 3.63) is 70.7 Å².